The van der Waals surface area contributed by atoms with Crippen molar-refractivity contribution in [1.29, 1.82) is 0 Å². The molecule has 116 valence electrons. The number of hydrogen-bond acceptors (Lipinski definition) is 2. The second-order valence-corrected chi connectivity index (χ2v) is 7.65. The topological polar surface area (TPSA) is 17.8 Å². The predicted molar refractivity (Wildman–Crippen MR) is 97.6 cm³/mol. The molecule has 3 heterocycles. The second kappa shape index (κ2) is 6.33. The molecule has 22 heavy (non-hydrogen) atoms. The normalized spacial score (nSPS) is 19.7. The Morgan fingerprint density at radius 2 is 2.32 bits per heavy atom. The summed E-state index contributed by atoms with van der Waals surface area (Å²) in [6.45, 7) is 14.0. The molecule has 0 radical (unpaired) electrons. The van der Waals surface area contributed by atoms with E-state index in [0.29, 0.717) is 5.92 Å². The quantitative estimate of drug-likeness (QED) is 0.750. The van der Waals surface area contributed by atoms with Gasteiger partial charge in [-0.25, -0.2) is 4.98 Å². The van der Waals surface area contributed by atoms with Crippen molar-refractivity contribution in [2.24, 2.45) is 5.92 Å². The molecule has 3 heteroatoms. The number of nitrogens with zero attached hydrogens (tertiary/aromatic N) is 2. The Kier molecular flexibility index (Phi) is 4.44. The maximum absolute atomic E-state index is 4.69. The van der Waals surface area contributed by atoms with Crippen LogP contribution in [0.2, 0.25) is 0 Å². The Hall–Kier alpha value is -1.48. The lowest BCUT2D eigenvalue weighted by Gasteiger charge is -2.22. The third-order valence-corrected chi connectivity index (χ3v) is 5.20. The van der Waals surface area contributed by atoms with E-state index in [0.717, 1.165) is 31.5 Å². The van der Waals surface area contributed by atoms with Gasteiger partial charge in [-0.2, -0.15) is 0 Å². The first-order valence-electron chi connectivity index (χ1n) is 8.02. The van der Waals surface area contributed by atoms with Crippen molar-refractivity contribution >= 4 is 22.2 Å². The van der Waals surface area contributed by atoms with E-state index in [1.54, 1.807) is 0 Å². The fourth-order valence-corrected chi connectivity index (χ4v) is 4.09. The van der Waals surface area contributed by atoms with Crippen LogP contribution in [0.4, 0.5) is 0 Å². The average molecular weight is 312 g/mol. The lowest BCUT2D eigenvalue weighted by molar-refractivity contribution is 0.649. The summed E-state index contributed by atoms with van der Waals surface area (Å²) in [5, 5.41) is 0. The molecule has 0 saturated heterocycles. The van der Waals surface area contributed by atoms with E-state index in [2.05, 4.69) is 43.7 Å². The van der Waals surface area contributed by atoms with E-state index in [1.807, 2.05) is 18.1 Å². The van der Waals surface area contributed by atoms with E-state index in [9.17, 15) is 0 Å². The summed E-state index contributed by atoms with van der Waals surface area (Å²) in [4.78, 5) is 6.02. The van der Waals surface area contributed by atoms with Crippen LogP contribution < -0.4 is 0 Å². The van der Waals surface area contributed by atoms with E-state index in [4.69, 9.17) is 4.98 Å². The Morgan fingerprint density at radius 3 is 3.00 bits per heavy atom. The number of aromatic nitrogens is 2. The third kappa shape index (κ3) is 3.00. The van der Waals surface area contributed by atoms with Crippen LogP contribution in [0.5, 0.6) is 0 Å². The molecule has 0 spiro atoms. The number of fused-ring (bicyclic) bond motifs is 1. The van der Waals surface area contributed by atoms with E-state index < -0.39 is 0 Å². The third-order valence-electron chi connectivity index (χ3n) is 4.09. The lowest BCUT2D eigenvalue weighted by Crippen LogP contribution is -2.11. The van der Waals surface area contributed by atoms with Gasteiger partial charge in [0.25, 0.3) is 0 Å². The van der Waals surface area contributed by atoms with Gasteiger partial charge in [0.2, 0.25) is 0 Å². The molecule has 0 N–H and O–H groups in total. The van der Waals surface area contributed by atoms with Crippen LogP contribution in [0.25, 0.3) is 10.5 Å². The van der Waals surface area contributed by atoms with Crippen LogP contribution in [0.3, 0.4) is 0 Å². The van der Waals surface area contributed by atoms with Crippen LogP contribution in [0.15, 0.2) is 42.8 Å². The molecular weight excluding hydrogens is 288 g/mol. The van der Waals surface area contributed by atoms with Crippen LogP contribution in [0, 0.1) is 5.92 Å². The Balaban J connectivity index is 2.02. The number of imidazole rings is 1. The van der Waals surface area contributed by atoms with Gasteiger partial charge in [0.1, 0.15) is 5.69 Å². The first kappa shape index (κ1) is 15.4. The molecule has 0 unspecified atom stereocenters. The summed E-state index contributed by atoms with van der Waals surface area (Å²) in [5.41, 5.74) is 5.99. The van der Waals surface area contributed by atoms with Gasteiger partial charge < -0.3 is 4.57 Å². The minimum absolute atomic E-state index is 0.624. The highest BCUT2D eigenvalue weighted by Gasteiger charge is 2.25. The van der Waals surface area contributed by atoms with E-state index in [-0.39, 0.29) is 0 Å². The maximum atomic E-state index is 4.69. The van der Waals surface area contributed by atoms with E-state index in [1.165, 1.54) is 33.1 Å². The molecule has 0 fully saturated rings. The summed E-state index contributed by atoms with van der Waals surface area (Å²) >= 11 is 1.91. The molecule has 2 aliphatic rings. The van der Waals surface area contributed by atoms with Gasteiger partial charge >= 0.3 is 0 Å². The van der Waals surface area contributed by atoms with Crippen molar-refractivity contribution < 1.29 is 0 Å². The standard InChI is InChI=1S/C19H24N2S/c1-13(2)10-14(3)11-16-15(4)7-8-21-12-20-18(19(16)21)17-6-5-9-22-17/h6,11-13H,3-5,7-10H2,1-2H3. The van der Waals surface area contributed by atoms with Gasteiger partial charge in [-0.05, 0) is 36.8 Å². The highest BCUT2D eigenvalue weighted by Crippen LogP contribution is 2.41. The van der Waals surface area contributed by atoms with Gasteiger partial charge in [-0.1, -0.05) is 38.7 Å². The Bertz CT molecular complexity index is 674. The van der Waals surface area contributed by atoms with Crippen LogP contribution in [-0.4, -0.2) is 15.3 Å². The Morgan fingerprint density at radius 1 is 1.50 bits per heavy atom. The largest absolute Gasteiger partial charge is 0.330 e. The molecule has 1 aromatic heterocycles. The highest BCUT2D eigenvalue weighted by molar-refractivity contribution is 8.08. The molecule has 1 aromatic rings. The molecule has 0 saturated carbocycles. The SMILES string of the molecule is C=C(C=C1C(=C)CCn2cnc(C3=CCCS3)c21)CC(C)C. The zero-order valence-electron chi connectivity index (χ0n) is 13.6. The molecule has 0 bridgehead atoms. The number of aryl methyl sites for hydroxylation is 1. The fourth-order valence-electron chi connectivity index (χ4n) is 3.11. The molecule has 2 aliphatic heterocycles. The van der Waals surface area contributed by atoms with Crippen molar-refractivity contribution in [3.05, 3.63) is 54.2 Å². The van der Waals surface area contributed by atoms with Crippen LogP contribution in [0.1, 0.15) is 44.5 Å². The smallest absolute Gasteiger partial charge is 0.102 e. The summed E-state index contributed by atoms with van der Waals surface area (Å²) in [7, 11) is 0. The zero-order chi connectivity index (χ0) is 15.7. The fraction of sp³-hybridized carbons (Fsp3) is 0.421. The molecule has 0 amide bonds. The number of thioether (sulfide) groups is 1. The maximum Gasteiger partial charge on any atom is 0.102 e. The number of hydrogen-bond donors (Lipinski definition) is 0. The minimum atomic E-state index is 0.624. The van der Waals surface area contributed by atoms with E-state index >= 15 is 0 Å². The van der Waals surface area contributed by atoms with Crippen molar-refractivity contribution in [3.8, 4) is 0 Å². The van der Waals surface area contributed by atoms with Gasteiger partial charge in [0.05, 0.1) is 12.0 Å². The molecule has 0 atom stereocenters. The van der Waals surface area contributed by atoms with Crippen molar-refractivity contribution in [2.45, 2.75) is 39.7 Å². The highest BCUT2D eigenvalue weighted by atomic mass is 32.2. The van der Waals surface area contributed by atoms with Crippen molar-refractivity contribution in [2.75, 3.05) is 5.75 Å². The van der Waals surface area contributed by atoms with Gasteiger partial charge in [0.15, 0.2) is 0 Å². The Labute approximate surface area is 137 Å². The first-order chi connectivity index (χ1) is 10.6. The van der Waals surface area contributed by atoms with Gasteiger partial charge in [-0.15, -0.1) is 11.8 Å². The summed E-state index contributed by atoms with van der Waals surface area (Å²) < 4.78 is 2.28. The monoisotopic (exact) mass is 312 g/mol. The lowest BCUT2D eigenvalue weighted by atomic mass is 9.92. The summed E-state index contributed by atoms with van der Waals surface area (Å²) in [5.74, 6) is 1.79. The summed E-state index contributed by atoms with van der Waals surface area (Å²) in [6, 6.07) is 0. The molecule has 0 aromatic carbocycles. The molecule has 3 rings (SSSR count). The molecular formula is C19H24N2S. The van der Waals surface area contributed by atoms with Gasteiger partial charge in [0, 0.05) is 22.8 Å². The number of allylic oxidation sites excluding steroid dienone is 5. The predicted octanol–water partition coefficient (Wildman–Crippen LogP) is 5.31. The minimum Gasteiger partial charge on any atom is -0.330 e. The summed E-state index contributed by atoms with van der Waals surface area (Å²) in [6.07, 6.45) is 9.69. The number of rotatable bonds is 4. The first-order valence-corrected chi connectivity index (χ1v) is 9.01. The zero-order valence-corrected chi connectivity index (χ0v) is 14.4. The van der Waals surface area contributed by atoms with Crippen molar-refractivity contribution in [3.63, 3.8) is 0 Å². The van der Waals surface area contributed by atoms with Gasteiger partial charge in [-0.3, -0.25) is 0 Å². The average Bonchev–Trinajstić information content (AvgIpc) is 3.09. The molecule has 0 aliphatic carbocycles. The van der Waals surface area contributed by atoms with Crippen LogP contribution in [-0.2, 0) is 6.54 Å². The second-order valence-electron chi connectivity index (χ2n) is 6.51. The van der Waals surface area contributed by atoms with Crippen LogP contribution >= 0.6 is 11.8 Å². The van der Waals surface area contributed by atoms with Crippen molar-refractivity contribution in [1.82, 2.24) is 9.55 Å². The molecule has 2 nitrogen and oxygen atoms in total.